The standard InChI is InChI=1S/C24H31FN2O2/c1-3-29-15-13-27-12-4-6-20-8-9-21(18(2)24(20)27)17-26-22-11-10-19(7-5-14-28)23(25)16-22/h8-11,14,16,26H,3-7,12-13,15,17H2,1-2H3. The van der Waals surface area contributed by atoms with Gasteiger partial charge in [0.2, 0.25) is 0 Å². The van der Waals surface area contributed by atoms with E-state index < -0.39 is 0 Å². The van der Waals surface area contributed by atoms with Gasteiger partial charge in [-0.1, -0.05) is 18.2 Å². The van der Waals surface area contributed by atoms with E-state index in [1.807, 2.05) is 13.0 Å². The van der Waals surface area contributed by atoms with Crippen molar-refractivity contribution in [1.82, 2.24) is 0 Å². The molecule has 29 heavy (non-hydrogen) atoms. The molecule has 2 aromatic carbocycles. The van der Waals surface area contributed by atoms with Crippen LogP contribution in [0.1, 0.15) is 42.0 Å². The zero-order chi connectivity index (χ0) is 20.6. The van der Waals surface area contributed by atoms with Gasteiger partial charge in [-0.05, 0) is 67.5 Å². The van der Waals surface area contributed by atoms with Gasteiger partial charge in [0, 0.05) is 44.0 Å². The first-order chi connectivity index (χ1) is 14.1. The minimum absolute atomic E-state index is 0.263. The molecule has 0 fully saturated rings. The Labute approximate surface area is 173 Å². The Hall–Kier alpha value is -2.40. The number of carbonyl (C=O) groups excluding carboxylic acids is 1. The van der Waals surface area contributed by atoms with Crippen LogP contribution in [0.5, 0.6) is 0 Å². The number of benzene rings is 2. The van der Waals surface area contributed by atoms with Crippen molar-refractivity contribution in [3.05, 3.63) is 58.4 Å². The van der Waals surface area contributed by atoms with Crippen LogP contribution in [0.2, 0.25) is 0 Å². The van der Waals surface area contributed by atoms with Gasteiger partial charge in [-0.3, -0.25) is 0 Å². The summed E-state index contributed by atoms with van der Waals surface area (Å²) < 4.78 is 19.8. The van der Waals surface area contributed by atoms with Gasteiger partial charge in [0.05, 0.1) is 6.61 Å². The molecule has 0 saturated heterocycles. The van der Waals surface area contributed by atoms with Gasteiger partial charge in [0.1, 0.15) is 12.1 Å². The highest BCUT2D eigenvalue weighted by atomic mass is 19.1. The Morgan fingerprint density at radius 1 is 1.24 bits per heavy atom. The largest absolute Gasteiger partial charge is 0.381 e. The fraction of sp³-hybridized carbons (Fsp3) is 0.458. The lowest BCUT2D eigenvalue weighted by atomic mass is 9.94. The van der Waals surface area contributed by atoms with Crippen molar-refractivity contribution in [3.63, 3.8) is 0 Å². The molecule has 2 aromatic rings. The van der Waals surface area contributed by atoms with E-state index in [1.54, 1.807) is 6.07 Å². The summed E-state index contributed by atoms with van der Waals surface area (Å²) in [6.45, 7) is 8.30. The van der Waals surface area contributed by atoms with Crippen LogP contribution < -0.4 is 10.2 Å². The summed E-state index contributed by atoms with van der Waals surface area (Å²) in [6, 6.07) is 9.57. The molecule has 0 atom stereocenters. The van der Waals surface area contributed by atoms with E-state index in [0.717, 1.165) is 44.7 Å². The van der Waals surface area contributed by atoms with Gasteiger partial charge in [0.15, 0.2) is 0 Å². The number of rotatable bonds is 10. The first-order valence-corrected chi connectivity index (χ1v) is 10.5. The normalized spacial score (nSPS) is 13.3. The van der Waals surface area contributed by atoms with Gasteiger partial charge in [0.25, 0.3) is 0 Å². The topological polar surface area (TPSA) is 41.6 Å². The molecule has 0 aliphatic carbocycles. The highest BCUT2D eigenvalue weighted by Crippen LogP contribution is 2.33. The Kier molecular flexibility index (Phi) is 7.64. The Morgan fingerprint density at radius 3 is 2.83 bits per heavy atom. The maximum atomic E-state index is 14.2. The van der Waals surface area contributed by atoms with Crippen molar-refractivity contribution in [3.8, 4) is 0 Å². The van der Waals surface area contributed by atoms with E-state index in [2.05, 4.69) is 29.3 Å². The van der Waals surface area contributed by atoms with E-state index in [-0.39, 0.29) is 5.82 Å². The van der Waals surface area contributed by atoms with Gasteiger partial charge in [-0.15, -0.1) is 0 Å². The first-order valence-electron chi connectivity index (χ1n) is 10.5. The van der Waals surface area contributed by atoms with Gasteiger partial charge in [-0.25, -0.2) is 4.39 Å². The van der Waals surface area contributed by atoms with Crippen LogP contribution in [-0.2, 0) is 28.9 Å². The van der Waals surface area contributed by atoms with Crippen molar-refractivity contribution in [2.45, 2.75) is 46.1 Å². The Bertz CT molecular complexity index is 838. The molecule has 0 spiro atoms. The van der Waals surface area contributed by atoms with Crippen molar-refractivity contribution >= 4 is 17.7 Å². The van der Waals surface area contributed by atoms with Crippen molar-refractivity contribution in [2.24, 2.45) is 0 Å². The smallest absolute Gasteiger partial charge is 0.128 e. The monoisotopic (exact) mass is 398 g/mol. The molecule has 0 aromatic heterocycles. The number of ether oxygens (including phenoxy) is 1. The molecule has 1 aliphatic rings. The number of aryl methyl sites for hydroxylation is 2. The fourth-order valence-corrected chi connectivity index (χ4v) is 4.02. The molecule has 3 rings (SSSR count). The molecule has 0 saturated carbocycles. The zero-order valence-corrected chi connectivity index (χ0v) is 17.5. The Morgan fingerprint density at radius 2 is 2.07 bits per heavy atom. The second kappa shape index (κ2) is 10.4. The lowest BCUT2D eigenvalue weighted by Gasteiger charge is -2.33. The number of nitrogens with zero attached hydrogens (tertiary/aromatic N) is 1. The third kappa shape index (κ3) is 5.36. The number of carbonyl (C=O) groups is 1. The quantitative estimate of drug-likeness (QED) is 0.467. The molecular formula is C24H31FN2O2. The Balaban J connectivity index is 1.71. The average molecular weight is 399 g/mol. The molecule has 1 N–H and O–H groups in total. The van der Waals surface area contributed by atoms with E-state index in [1.165, 1.54) is 34.9 Å². The summed E-state index contributed by atoms with van der Waals surface area (Å²) in [6.07, 6.45) is 3.89. The second-order valence-electron chi connectivity index (χ2n) is 7.51. The SMILES string of the molecule is CCOCCN1CCCc2ccc(CNc3ccc(CCC=O)c(F)c3)c(C)c21. The van der Waals surface area contributed by atoms with Gasteiger partial charge >= 0.3 is 0 Å². The number of nitrogens with one attached hydrogen (secondary N) is 1. The number of anilines is 2. The molecule has 4 nitrogen and oxygen atoms in total. The maximum Gasteiger partial charge on any atom is 0.128 e. The van der Waals surface area contributed by atoms with E-state index in [0.29, 0.717) is 24.9 Å². The minimum atomic E-state index is -0.263. The predicted molar refractivity (Wildman–Crippen MR) is 116 cm³/mol. The average Bonchev–Trinajstić information content (AvgIpc) is 2.73. The third-order valence-electron chi connectivity index (χ3n) is 5.59. The minimum Gasteiger partial charge on any atom is -0.381 e. The van der Waals surface area contributed by atoms with Crippen LogP contribution >= 0.6 is 0 Å². The summed E-state index contributed by atoms with van der Waals surface area (Å²) in [5.74, 6) is -0.263. The molecule has 1 heterocycles. The number of hydrogen-bond donors (Lipinski definition) is 1. The number of halogens is 1. The summed E-state index contributed by atoms with van der Waals surface area (Å²) in [5, 5.41) is 3.35. The summed E-state index contributed by atoms with van der Waals surface area (Å²) in [4.78, 5) is 12.9. The fourth-order valence-electron chi connectivity index (χ4n) is 4.02. The number of aldehydes is 1. The summed E-state index contributed by atoms with van der Waals surface area (Å²) in [5.41, 5.74) is 6.58. The van der Waals surface area contributed by atoms with E-state index >= 15 is 0 Å². The van der Waals surface area contributed by atoms with Crippen LogP contribution in [0.4, 0.5) is 15.8 Å². The van der Waals surface area contributed by atoms with Crippen LogP contribution in [0.25, 0.3) is 0 Å². The predicted octanol–water partition coefficient (Wildman–Crippen LogP) is 4.67. The van der Waals surface area contributed by atoms with Gasteiger partial charge < -0.3 is 19.7 Å². The molecule has 0 radical (unpaired) electrons. The van der Waals surface area contributed by atoms with Crippen molar-refractivity contribution in [2.75, 3.05) is 36.5 Å². The second-order valence-corrected chi connectivity index (χ2v) is 7.51. The molecule has 0 amide bonds. The van der Waals surface area contributed by atoms with Crippen LogP contribution in [-0.4, -0.2) is 32.6 Å². The maximum absolute atomic E-state index is 14.2. The number of hydrogen-bond acceptors (Lipinski definition) is 4. The highest BCUT2D eigenvalue weighted by Gasteiger charge is 2.20. The van der Waals surface area contributed by atoms with Gasteiger partial charge in [-0.2, -0.15) is 0 Å². The molecule has 1 aliphatic heterocycles. The number of fused-ring (bicyclic) bond motifs is 1. The zero-order valence-electron chi connectivity index (χ0n) is 17.5. The highest BCUT2D eigenvalue weighted by molar-refractivity contribution is 5.64. The lowest BCUT2D eigenvalue weighted by molar-refractivity contribution is -0.107. The summed E-state index contributed by atoms with van der Waals surface area (Å²) in [7, 11) is 0. The van der Waals surface area contributed by atoms with Crippen molar-refractivity contribution in [1.29, 1.82) is 0 Å². The molecule has 156 valence electrons. The molecular weight excluding hydrogens is 367 g/mol. The van der Waals surface area contributed by atoms with Crippen LogP contribution in [0.15, 0.2) is 30.3 Å². The molecule has 5 heteroatoms. The van der Waals surface area contributed by atoms with Crippen LogP contribution in [0, 0.1) is 12.7 Å². The first kappa shape index (κ1) is 21.3. The van der Waals surface area contributed by atoms with Crippen LogP contribution in [0.3, 0.4) is 0 Å². The van der Waals surface area contributed by atoms with Crippen molar-refractivity contribution < 1.29 is 13.9 Å². The summed E-state index contributed by atoms with van der Waals surface area (Å²) >= 11 is 0. The van der Waals surface area contributed by atoms with E-state index in [4.69, 9.17) is 4.74 Å². The molecule has 0 bridgehead atoms. The molecule has 0 unspecified atom stereocenters. The van der Waals surface area contributed by atoms with E-state index in [9.17, 15) is 9.18 Å². The third-order valence-corrected chi connectivity index (χ3v) is 5.59. The lowest BCUT2D eigenvalue weighted by Crippen LogP contribution is -2.33.